The average Bonchev–Trinajstić information content (AvgIpc) is 2.72. The van der Waals surface area contributed by atoms with Crippen molar-refractivity contribution in [2.45, 2.75) is 25.3 Å². The molecule has 0 radical (unpaired) electrons. The van der Waals surface area contributed by atoms with Crippen LogP contribution in [0.4, 0.5) is 0 Å². The second kappa shape index (κ2) is 6.39. The Balaban J connectivity index is 2.07. The first kappa shape index (κ1) is 14.3. The first-order valence-electron chi connectivity index (χ1n) is 5.99. The van der Waals surface area contributed by atoms with Gasteiger partial charge in [0, 0.05) is 12.4 Å². The molecule has 0 fully saturated rings. The minimum Gasteiger partial charge on any atom is -0.486 e. The average molecular weight is 345 g/mol. The van der Waals surface area contributed by atoms with Gasteiger partial charge in [0.15, 0.2) is 0 Å². The Hall–Kier alpha value is -1.07. The van der Waals surface area contributed by atoms with E-state index in [1.54, 1.807) is 10.9 Å². The van der Waals surface area contributed by atoms with Crippen LogP contribution < -0.4 is 4.74 Å². The molecule has 0 spiro atoms. The number of aromatic nitrogens is 3. The standard InChI is InChI=1S/C13H15BrClN3O/c1-3-11-13(15)12(18(2)17-11)8-19-10-5-4-9(6-14)16-7-10/h4-5,7H,3,6,8H2,1-2H3. The molecule has 0 aromatic carbocycles. The highest BCUT2D eigenvalue weighted by atomic mass is 79.9. The lowest BCUT2D eigenvalue weighted by atomic mass is 10.3. The Bertz CT molecular complexity index is 554. The van der Waals surface area contributed by atoms with E-state index < -0.39 is 0 Å². The largest absolute Gasteiger partial charge is 0.486 e. The Morgan fingerprint density at radius 3 is 2.74 bits per heavy atom. The number of rotatable bonds is 5. The summed E-state index contributed by atoms with van der Waals surface area (Å²) in [4.78, 5) is 4.25. The van der Waals surface area contributed by atoms with Crippen LogP contribution in [0.15, 0.2) is 18.3 Å². The molecule has 102 valence electrons. The molecule has 0 saturated carbocycles. The van der Waals surface area contributed by atoms with Gasteiger partial charge in [0.1, 0.15) is 12.4 Å². The van der Waals surface area contributed by atoms with Gasteiger partial charge in [0.05, 0.1) is 28.3 Å². The van der Waals surface area contributed by atoms with Crippen molar-refractivity contribution < 1.29 is 4.74 Å². The van der Waals surface area contributed by atoms with E-state index in [0.29, 0.717) is 11.6 Å². The van der Waals surface area contributed by atoms with Gasteiger partial charge in [-0.25, -0.2) is 0 Å². The second-order valence-electron chi connectivity index (χ2n) is 4.09. The fraction of sp³-hybridized carbons (Fsp3) is 0.385. The smallest absolute Gasteiger partial charge is 0.138 e. The summed E-state index contributed by atoms with van der Waals surface area (Å²) < 4.78 is 7.45. The van der Waals surface area contributed by atoms with Crippen molar-refractivity contribution in [1.82, 2.24) is 14.8 Å². The van der Waals surface area contributed by atoms with Crippen LogP contribution in [-0.2, 0) is 25.4 Å². The highest BCUT2D eigenvalue weighted by Gasteiger charge is 2.13. The predicted molar refractivity (Wildman–Crippen MR) is 78.8 cm³/mol. The summed E-state index contributed by atoms with van der Waals surface area (Å²) in [6, 6.07) is 3.82. The summed E-state index contributed by atoms with van der Waals surface area (Å²) in [6.45, 7) is 2.42. The van der Waals surface area contributed by atoms with Crippen LogP contribution >= 0.6 is 27.5 Å². The number of pyridine rings is 1. The van der Waals surface area contributed by atoms with Crippen LogP contribution in [-0.4, -0.2) is 14.8 Å². The number of hydrogen-bond donors (Lipinski definition) is 0. The summed E-state index contributed by atoms with van der Waals surface area (Å²) in [7, 11) is 1.87. The number of hydrogen-bond acceptors (Lipinski definition) is 3. The normalized spacial score (nSPS) is 10.7. The van der Waals surface area contributed by atoms with E-state index in [0.717, 1.165) is 34.6 Å². The van der Waals surface area contributed by atoms with Crippen molar-refractivity contribution in [3.63, 3.8) is 0 Å². The Morgan fingerprint density at radius 1 is 1.42 bits per heavy atom. The fourth-order valence-electron chi connectivity index (χ4n) is 1.70. The molecule has 0 atom stereocenters. The van der Waals surface area contributed by atoms with E-state index in [4.69, 9.17) is 16.3 Å². The zero-order chi connectivity index (χ0) is 13.8. The maximum atomic E-state index is 6.26. The maximum absolute atomic E-state index is 6.26. The van der Waals surface area contributed by atoms with Gasteiger partial charge in [-0.1, -0.05) is 34.5 Å². The first-order valence-corrected chi connectivity index (χ1v) is 7.49. The quantitative estimate of drug-likeness (QED) is 0.779. The monoisotopic (exact) mass is 343 g/mol. The molecule has 4 nitrogen and oxygen atoms in total. The molecule has 0 saturated heterocycles. The summed E-state index contributed by atoms with van der Waals surface area (Å²) >= 11 is 9.61. The number of alkyl halides is 1. The van der Waals surface area contributed by atoms with Gasteiger partial charge in [0.2, 0.25) is 0 Å². The van der Waals surface area contributed by atoms with Crippen LogP contribution in [0.1, 0.15) is 24.0 Å². The van der Waals surface area contributed by atoms with Gasteiger partial charge in [-0.05, 0) is 18.6 Å². The van der Waals surface area contributed by atoms with Gasteiger partial charge in [-0.15, -0.1) is 0 Å². The predicted octanol–water partition coefficient (Wildman–Crippen LogP) is 3.50. The van der Waals surface area contributed by atoms with Gasteiger partial charge in [-0.2, -0.15) is 5.10 Å². The van der Waals surface area contributed by atoms with Crippen molar-refractivity contribution in [2.24, 2.45) is 7.05 Å². The Morgan fingerprint density at radius 2 is 2.21 bits per heavy atom. The third-order valence-corrected chi connectivity index (χ3v) is 3.82. The van der Waals surface area contributed by atoms with Crippen molar-refractivity contribution >= 4 is 27.5 Å². The summed E-state index contributed by atoms with van der Waals surface area (Å²) in [5, 5.41) is 5.78. The van der Waals surface area contributed by atoms with Gasteiger partial charge in [0.25, 0.3) is 0 Å². The molecule has 2 rings (SSSR count). The molecule has 0 unspecified atom stereocenters. The number of nitrogens with zero attached hydrogens (tertiary/aromatic N) is 3. The molecule has 2 aromatic rings. The van der Waals surface area contributed by atoms with E-state index in [9.17, 15) is 0 Å². The molecule has 0 bridgehead atoms. The highest BCUT2D eigenvalue weighted by molar-refractivity contribution is 9.08. The van der Waals surface area contributed by atoms with Crippen molar-refractivity contribution in [1.29, 1.82) is 0 Å². The number of aryl methyl sites for hydroxylation is 2. The van der Waals surface area contributed by atoms with Crippen LogP contribution in [0.25, 0.3) is 0 Å². The minimum absolute atomic E-state index is 0.387. The molecule has 0 aliphatic rings. The molecule has 2 heterocycles. The number of ether oxygens (including phenoxy) is 1. The van der Waals surface area contributed by atoms with Crippen LogP contribution in [0.2, 0.25) is 5.02 Å². The van der Waals surface area contributed by atoms with E-state index in [-0.39, 0.29) is 0 Å². The zero-order valence-corrected chi connectivity index (χ0v) is 13.2. The third kappa shape index (κ3) is 3.28. The van der Waals surface area contributed by atoms with Crippen LogP contribution in [0.5, 0.6) is 5.75 Å². The van der Waals surface area contributed by atoms with E-state index in [1.165, 1.54) is 0 Å². The lowest BCUT2D eigenvalue weighted by Crippen LogP contribution is -2.03. The molecular weight excluding hydrogens is 330 g/mol. The molecule has 6 heteroatoms. The van der Waals surface area contributed by atoms with E-state index in [2.05, 4.69) is 26.0 Å². The third-order valence-electron chi connectivity index (χ3n) is 2.81. The Kier molecular flexibility index (Phi) is 4.82. The maximum Gasteiger partial charge on any atom is 0.138 e. The summed E-state index contributed by atoms with van der Waals surface area (Å²) in [6.07, 6.45) is 2.52. The zero-order valence-electron chi connectivity index (χ0n) is 10.9. The van der Waals surface area contributed by atoms with Gasteiger partial charge < -0.3 is 4.74 Å². The van der Waals surface area contributed by atoms with Crippen molar-refractivity contribution in [3.05, 3.63) is 40.4 Å². The van der Waals surface area contributed by atoms with Crippen LogP contribution in [0, 0.1) is 0 Å². The molecule has 0 amide bonds. The minimum atomic E-state index is 0.387. The topological polar surface area (TPSA) is 39.9 Å². The lowest BCUT2D eigenvalue weighted by molar-refractivity contribution is 0.293. The molecular formula is C13H15BrClN3O. The molecule has 0 aliphatic carbocycles. The number of halogens is 2. The van der Waals surface area contributed by atoms with E-state index >= 15 is 0 Å². The van der Waals surface area contributed by atoms with Gasteiger partial charge in [-0.3, -0.25) is 9.67 Å². The van der Waals surface area contributed by atoms with Crippen LogP contribution in [0.3, 0.4) is 0 Å². The van der Waals surface area contributed by atoms with Gasteiger partial charge >= 0.3 is 0 Å². The summed E-state index contributed by atoms with van der Waals surface area (Å²) in [5.41, 5.74) is 2.75. The molecule has 19 heavy (non-hydrogen) atoms. The second-order valence-corrected chi connectivity index (χ2v) is 5.03. The molecule has 0 N–H and O–H groups in total. The van der Waals surface area contributed by atoms with Crippen molar-refractivity contribution in [2.75, 3.05) is 0 Å². The highest BCUT2D eigenvalue weighted by Crippen LogP contribution is 2.22. The molecule has 2 aromatic heterocycles. The molecule has 0 aliphatic heterocycles. The first-order chi connectivity index (χ1) is 9.15. The fourth-order valence-corrected chi connectivity index (χ4v) is 2.38. The lowest BCUT2D eigenvalue weighted by Gasteiger charge is -2.07. The Labute approximate surface area is 125 Å². The van der Waals surface area contributed by atoms with E-state index in [1.807, 2.05) is 26.1 Å². The SMILES string of the molecule is CCc1nn(C)c(COc2ccc(CBr)nc2)c1Cl. The van der Waals surface area contributed by atoms with Crippen molar-refractivity contribution in [3.8, 4) is 5.75 Å². The summed E-state index contributed by atoms with van der Waals surface area (Å²) in [5.74, 6) is 0.722.